The molecule has 0 saturated carbocycles. The first-order chi connectivity index (χ1) is 13.5. The molecule has 142 valence electrons. The van der Waals surface area contributed by atoms with Crippen LogP contribution >= 0.6 is 0 Å². The lowest BCUT2D eigenvalue weighted by Gasteiger charge is -2.23. The highest BCUT2D eigenvalue weighted by Crippen LogP contribution is 2.30. The minimum Gasteiger partial charge on any atom is -0.497 e. The van der Waals surface area contributed by atoms with E-state index in [9.17, 15) is 14.0 Å². The van der Waals surface area contributed by atoms with Crippen LogP contribution in [0, 0.1) is 5.82 Å². The normalized spacial score (nSPS) is 15.5. The fourth-order valence-electron chi connectivity index (χ4n) is 3.05. The summed E-state index contributed by atoms with van der Waals surface area (Å²) in [5.74, 6) is 0.104. The minimum atomic E-state index is -0.805. The topological polar surface area (TPSA) is 85.2 Å². The van der Waals surface area contributed by atoms with Gasteiger partial charge in [0, 0.05) is 17.3 Å². The number of benzene rings is 2. The van der Waals surface area contributed by atoms with Gasteiger partial charge in [0.15, 0.2) is 0 Å². The third kappa shape index (κ3) is 3.44. The third-order valence-corrected chi connectivity index (χ3v) is 4.48. The molecule has 2 heterocycles. The molecule has 0 bridgehead atoms. The highest BCUT2D eigenvalue weighted by atomic mass is 19.1. The molecule has 0 unspecified atom stereocenters. The minimum absolute atomic E-state index is 0.0379. The number of halogens is 1. The Morgan fingerprint density at radius 3 is 2.61 bits per heavy atom. The zero-order valence-corrected chi connectivity index (χ0v) is 15.0. The Morgan fingerprint density at radius 2 is 1.93 bits per heavy atom. The molecule has 8 heteroatoms. The molecule has 7 nitrogen and oxygen atoms in total. The Morgan fingerprint density at radius 1 is 1.21 bits per heavy atom. The van der Waals surface area contributed by atoms with Crippen molar-refractivity contribution in [1.82, 2.24) is 9.78 Å². The van der Waals surface area contributed by atoms with Crippen molar-refractivity contribution in [3.05, 3.63) is 60.4 Å². The van der Waals surface area contributed by atoms with Gasteiger partial charge in [-0.15, -0.1) is 0 Å². The van der Waals surface area contributed by atoms with Crippen LogP contribution in [-0.2, 0) is 9.59 Å². The van der Waals surface area contributed by atoms with Crippen molar-refractivity contribution >= 4 is 23.3 Å². The van der Waals surface area contributed by atoms with Gasteiger partial charge in [-0.05, 0) is 48.5 Å². The van der Waals surface area contributed by atoms with Gasteiger partial charge in [0.1, 0.15) is 23.4 Å². The van der Waals surface area contributed by atoms with Gasteiger partial charge in [-0.1, -0.05) is 0 Å². The van der Waals surface area contributed by atoms with Gasteiger partial charge in [0.25, 0.3) is 0 Å². The number of aromatic nitrogens is 2. The number of hydrogen-bond acceptors (Lipinski definition) is 4. The molecule has 0 spiro atoms. The van der Waals surface area contributed by atoms with Gasteiger partial charge < -0.3 is 15.4 Å². The van der Waals surface area contributed by atoms with Crippen LogP contribution in [0.25, 0.3) is 11.3 Å². The number of anilines is 2. The first-order valence-electron chi connectivity index (χ1n) is 8.64. The van der Waals surface area contributed by atoms with Crippen LogP contribution in [0.15, 0.2) is 54.6 Å². The number of methoxy groups -OCH3 is 1. The molecule has 1 aromatic heterocycles. The molecule has 1 atom stereocenters. The Bertz CT molecular complexity index is 1030. The highest BCUT2D eigenvalue weighted by Gasteiger charge is 2.32. The van der Waals surface area contributed by atoms with Crippen molar-refractivity contribution < 1.29 is 18.7 Å². The van der Waals surface area contributed by atoms with Crippen LogP contribution in [0.1, 0.15) is 12.5 Å². The van der Waals surface area contributed by atoms with E-state index in [1.54, 1.807) is 13.2 Å². The van der Waals surface area contributed by atoms with Crippen LogP contribution < -0.4 is 15.4 Å². The maximum atomic E-state index is 13.1. The van der Waals surface area contributed by atoms with Crippen LogP contribution in [0.2, 0.25) is 0 Å². The first-order valence-corrected chi connectivity index (χ1v) is 8.64. The Kier molecular flexibility index (Phi) is 4.52. The van der Waals surface area contributed by atoms with E-state index >= 15 is 0 Å². The molecule has 1 aliphatic heterocycles. The maximum Gasteiger partial charge on any atom is 0.249 e. The van der Waals surface area contributed by atoms with Crippen LogP contribution in [0.3, 0.4) is 0 Å². The lowest BCUT2D eigenvalue weighted by Crippen LogP contribution is -2.35. The van der Waals surface area contributed by atoms with Crippen molar-refractivity contribution in [3.8, 4) is 17.0 Å². The number of rotatable bonds is 4. The molecular weight excluding hydrogens is 363 g/mol. The van der Waals surface area contributed by atoms with Crippen molar-refractivity contribution in [3.63, 3.8) is 0 Å². The molecule has 1 aliphatic rings. The number of carbonyl (C=O) groups is 2. The fourth-order valence-corrected chi connectivity index (χ4v) is 3.05. The zero-order valence-electron chi connectivity index (χ0n) is 15.0. The molecule has 0 aliphatic carbocycles. The highest BCUT2D eigenvalue weighted by molar-refractivity contribution is 6.01. The summed E-state index contributed by atoms with van der Waals surface area (Å²) in [5.41, 5.74) is 1.90. The monoisotopic (exact) mass is 380 g/mol. The quantitative estimate of drug-likeness (QED) is 0.728. The SMILES string of the molecule is COc1ccc(-c2cc3n(n2)[C@H](C(=O)Nc2ccc(F)cc2)CC(=O)N3)cc1. The van der Waals surface area contributed by atoms with E-state index < -0.39 is 17.8 Å². The number of carbonyl (C=O) groups excluding carboxylic acids is 2. The van der Waals surface area contributed by atoms with E-state index in [-0.39, 0.29) is 12.3 Å². The summed E-state index contributed by atoms with van der Waals surface area (Å²) in [6.45, 7) is 0. The molecule has 2 aromatic carbocycles. The van der Waals surface area contributed by atoms with E-state index in [4.69, 9.17) is 4.74 Å². The van der Waals surface area contributed by atoms with Gasteiger partial charge >= 0.3 is 0 Å². The molecular formula is C20H17FN4O3. The van der Waals surface area contributed by atoms with Crippen molar-refractivity contribution in [1.29, 1.82) is 0 Å². The third-order valence-electron chi connectivity index (χ3n) is 4.48. The fraction of sp³-hybridized carbons (Fsp3) is 0.150. The summed E-state index contributed by atoms with van der Waals surface area (Å²) < 4.78 is 19.7. The zero-order chi connectivity index (χ0) is 19.7. The number of hydrogen-bond donors (Lipinski definition) is 2. The number of amides is 2. The predicted octanol–water partition coefficient (Wildman–Crippen LogP) is 3.22. The van der Waals surface area contributed by atoms with E-state index in [2.05, 4.69) is 15.7 Å². The van der Waals surface area contributed by atoms with Gasteiger partial charge in [0.2, 0.25) is 11.8 Å². The van der Waals surface area contributed by atoms with E-state index in [1.165, 1.54) is 28.9 Å². The second-order valence-electron chi connectivity index (χ2n) is 6.35. The second-order valence-corrected chi connectivity index (χ2v) is 6.35. The smallest absolute Gasteiger partial charge is 0.249 e. The molecule has 3 aromatic rings. The van der Waals surface area contributed by atoms with Crippen LogP contribution in [0.4, 0.5) is 15.9 Å². The van der Waals surface area contributed by atoms with Gasteiger partial charge in [-0.3, -0.25) is 9.59 Å². The molecule has 0 fully saturated rings. The molecule has 0 radical (unpaired) electrons. The maximum absolute atomic E-state index is 13.1. The average Bonchev–Trinajstić information content (AvgIpc) is 3.13. The summed E-state index contributed by atoms with van der Waals surface area (Å²) in [7, 11) is 1.59. The molecule has 4 rings (SSSR count). The number of ether oxygens (including phenoxy) is 1. The Balaban J connectivity index is 1.62. The van der Waals surface area contributed by atoms with Gasteiger partial charge in [-0.25, -0.2) is 9.07 Å². The second kappa shape index (κ2) is 7.15. The predicted molar refractivity (Wildman–Crippen MR) is 102 cm³/mol. The van der Waals surface area contributed by atoms with Crippen molar-refractivity contribution in [2.75, 3.05) is 17.7 Å². The standard InChI is InChI=1S/C20H17FN4O3/c1-28-15-8-2-12(3-9-15)16-10-18-23-19(26)11-17(25(18)24-16)20(27)22-14-6-4-13(21)5-7-14/h2-10,17H,11H2,1H3,(H,22,27)(H,23,26)/t17-/m0/s1. The van der Waals surface area contributed by atoms with E-state index in [1.807, 2.05) is 24.3 Å². The van der Waals surface area contributed by atoms with Crippen LogP contribution in [-0.4, -0.2) is 28.7 Å². The lowest BCUT2D eigenvalue weighted by atomic mass is 10.1. The van der Waals surface area contributed by atoms with Gasteiger partial charge in [-0.2, -0.15) is 5.10 Å². The van der Waals surface area contributed by atoms with Crippen LogP contribution in [0.5, 0.6) is 5.75 Å². The number of nitrogens with one attached hydrogen (secondary N) is 2. The molecule has 0 saturated heterocycles. The van der Waals surface area contributed by atoms with E-state index in [0.717, 1.165) is 11.3 Å². The summed E-state index contributed by atoms with van der Waals surface area (Å²) >= 11 is 0. The molecule has 28 heavy (non-hydrogen) atoms. The molecule has 2 amide bonds. The van der Waals surface area contributed by atoms with E-state index in [0.29, 0.717) is 17.2 Å². The summed E-state index contributed by atoms with van der Waals surface area (Å²) in [4.78, 5) is 24.8. The summed E-state index contributed by atoms with van der Waals surface area (Å²) in [6.07, 6.45) is -0.0379. The number of nitrogens with zero attached hydrogens (tertiary/aromatic N) is 2. The first kappa shape index (κ1) is 17.7. The molecule has 2 N–H and O–H groups in total. The summed E-state index contributed by atoms with van der Waals surface area (Å²) in [6, 6.07) is 13.7. The summed E-state index contributed by atoms with van der Waals surface area (Å²) in [5, 5.41) is 9.95. The largest absolute Gasteiger partial charge is 0.497 e. The van der Waals surface area contributed by atoms with Gasteiger partial charge in [0.05, 0.1) is 19.2 Å². The Labute approximate surface area is 160 Å². The average molecular weight is 380 g/mol. The Hall–Kier alpha value is -3.68. The van der Waals surface area contributed by atoms with Crippen molar-refractivity contribution in [2.24, 2.45) is 0 Å². The van der Waals surface area contributed by atoms with Crippen molar-refractivity contribution in [2.45, 2.75) is 12.5 Å². The lowest BCUT2D eigenvalue weighted by molar-refractivity contribution is -0.125. The number of fused-ring (bicyclic) bond motifs is 1.